The highest BCUT2D eigenvalue weighted by Gasteiger charge is 2.33. The number of rotatable bonds is 8. The summed E-state index contributed by atoms with van der Waals surface area (Å²) in [5, 5.41) is -0.652. The Hall–Kier alpha value is -3.62. The zero-order chi connectivity index (χ0) is 26.9. The minimum Gasteiger partial charge on any atom is -0.432 e. The second kappa shape index (κ2) is 10.4. The van der Waals surface area contributed by atoms with E-state index in [1.165, 1.54) is 12.1 Å². The predicted molar refractivity (Wildman–Crippen MR) is 123 cm³/mol. The summed E-state index contributed by atoms with van der Waals surface area (Å²) in [6.07, 6.45) is -4.13. The van der Waals surface area contributed by atoms with Gasteiger partial charge in [0.05, 0.1) is 11.8 Å². The Kier molecular flexibility index (Phi) is 7.43. The Morgan fingerprint density at radius 1 is 0.703 bits per heavy atom. The molecule has 1 nitrogen and oxygen atoms in total. The van der Waals surface area contributed by atoms with Crippen molar-refractivity contribution in [2.75, 3.05) is 0 Å². The zero-order valence-corrected chi connectivity index (χ0v) is 19.5. The highest BCUT2D eigenvalue weighted by Crippen LogP contribution is 2.35. The Morgan fingerprint density at radius 2 is 1.35 bits per heavy atom. The number of hydrogen-bond donors (Lipinski definition) is 0. The summed E-state index contributed by atoms with van der Waals surface area (Å²) in [5.41, 5.74) is 1.01. The molecule has 4 rings (SSSR count). The number of benzene rings is 4. The van der Waals surface area contributed by atoms with Crippen LogP contribution in [0.3, 0.4) is 0 Å². The van der Waals surface area contributed by atoms with Crippen LogP contribution in [-0.4, -0.2) is 6.11 Å². The van der Waals surface area contributed by atoms with Gasteiger partial charge in [-0.15, -0.1) is 0 Å². The molecule has 0 aliphatic heterocycles. The summed E-state index contributed by atoms with van der Waals surface area (Å²) in [4.78, 5) is 0. The molecule has 0 heterocycles. The minimum absolute atomic E-state index is 0.0352. The quantitative estimate of drug-likeness (QED) is 0.165. The normalized spacial score (nSPS) is 11.8. The molecule has 0 aliphatic carbocycles. The molecular weight excluding hydrogens is 504 g/mol. The van der Waals surface area contributed by atoms with E-state index in [2.05, 4.69) is 4.74 Å². The van der Waals surface area contributed by atoms with E-state index in [1.54, 1.807) is 24.3 Å². The van der Waals surface area contributed by atoms with E-state index in [0.29, 0.717) is 5.56 Å². The molecule has 0 N–H and O–H groups in total. The number of hydrogen-bond acceptors (Lipinski definition) is 1. The number of aryl methyl sites for hydroxylation is 2. The Balaban J connectivity index is 1.59. The van der Waals surface area contributed by atoms with Crippen LogP contribution in [-0.2, 0) is 12.8 Å². The number of alkyl halides is 2. The molecule has 0 aromatic heterocycles. The predicted octanol–water partition coefficient (Wildman–Crippen LogP) is 8.90. The Bertz CT molecular complexity index is 1420. The summed E-state index contributed by atoms with van der Waals surface area (Å²) >= 11 is 0. The lowest BCUT2D eigenvalue weighted by atomic mass is 9.96. The molecule has 37 heavy (non-hydrogen) atoms. The van der Waals surface area contributed by atoms with Crippen LogP contribution in [0.1, 0.15) is 30.9 Å². The molecule has 0 radical (unpaired) electrons. The smallest absolute Gasteiger partial charge is 0.398 e. The number of halogens is 8. The van der Waals surface area contributed by atoms with Gasteiger partial charge in [-0.1, -0.05) is 49.7 Å². The van der Waals surface area contributed by atoms with Crippen LogP contribution in [0.15, 0.2) is 54.6 Å². The van der Waals surface area contributed by atoms with Crippen molar-refractivity contribution in [2.45, 2.75) is 38.7 Å². The van der Waals surface area contributed by atoms with Crippen molar-refractivity contribution >= 4 is 10.8 Å². The van der Waals surface area contributed by atoms with Crippen molar-refractivity contribution in [3.05, 3.63) is 101 Å². The molecule has 0 bridgehead atoms. The first kappa shape index (κ1) is 26.4. The third-order valence-corrected chi connectivity index (χ3v) is 5.92. The zero-order valence-electron chi connectivity index (χ0n) is 19.5. The molecule has 4 aromatic rings. The fraction of sp³-hybridized carbons (Fsp3) is 0.214. The molecule has 0 aliphatic rings. The molecule has 194 valence electrons. The van der Waals surface area contributed by atoms with Crippen molar-refractivity contribution < 1.29 is 39.9 Å². The van der Waals surface area contributed by atoms with Gasteiger partial charge in [0, 0.05) is 17.7 Å². The van der Waals surface area contributed by atoms with Gasteiger partial charge in [0.1, 0.15) is 11.6 Å². The average Bonchev–Trinajstić information content (AvgIpc) is 2.84. The van der Waals surface area contributed by atoms with Crippen molar-refractivity contribution in [3.63, 3.8) is 0 Å². The van der Waals surface area contributed by atoms with Crippen molar-refractivity contribution in [1.29, 1.82) is 0 Å². The third kappa shape index (κ3) is 5.55. The van der Waals surface area contributed by atoms with Crippen LogP contribution in [0.2, 0.25) is 0 Å². The maximum atomic E-state index is 15.1. The molecule has 0 saturated carbocycles. The lowest BCUT2D eigenvalue weighted by molar-refractivity contribution is -0.180. The fourth-order valence-corrected chi connectivity index (χ4v) is 4.06. The number of fused-ring (bicyclic) bond motifs is 1. The van der Waals surface area contributed by atoms with Gasteiger partial charge in [-0.25, -0.2) is 26.3 Å². The lowest BCUT2D eigenvalue weighted by Gasteiger charge is -2.19. The van der Waals surface area contributed by atoms with Gasteiger partial charge in [-0.05, 0) is 41.0 Å². The largest absolute Gasteiger partial charge is 0.432 e. The van der Waals surface area contributed by atoms with Gasteiger partial charge in [-0.2, -0.15) is 8.78 Å². The van der Waals surface area contributed by atoms with Crippen LogP contribution in [0.4, 0.5) is 35.1 Å². The van der Waals surface area contributed by atoms with Gasteiger partial charge in [-0.3, -0.25) is 0 Å². The highest BCUT2D eigenvalue weighted by atomic mass is 19.3. The second-order valence-corrected chi connectivity index (χ2v) is 8.58. The molecule has 0 unspecified atom stereocenters. The molecule has 9 heteroatoms. The SMILES string of the molecule is CCCc1ccc(-c2cc3ccc(CCC(F)(F)Oc4cc(F)c(F)c(F)c4)c(F)c3c(F)c2F)cc1. The fourth-order valence-electron chi connectivity index (χ4n) is 4.06. The van der Waals surface area contributed by atoms with Gasteiger partial charge in [0.2, 0.25) is 0 Å². The first-order valence-corrected chi connectivity index (χ1v) is 11.4. The Labute approximate surface area is 207 Å². The van der Waals surface area contributed by atoms with Gasteiger partial charge in [0.15, 0.2) is 29.1 Å². The molecule has 4 aromatic carbocycles. The van der Waals surface area contributed by atoms with Crippen molar-refractivity contribution in [1.82, 2.24) is 0 Å². The maximum absolute atomic E-state index is 15.1. The maximum Gasteiger partial charge on any atom is 0.398 e. The standard InChI is InChI=1S/C28H20F8O/c1-2-3-15-4-6-16(7-5-15)20-12-18-9-8-17(24(31)23(18)27(34)25(20)32)10-11-28(35,36)37-19-13-21(29)26(33)22(30)14-19/h4-9,12-14H,2-3,10-11H2,1H3. The van der Waals surface area contributed by atoms with Crippen molar-refractivity contribution in [2.24, 2.45) is 0 Å². The molecule has 0 saturated heterocycles. The highest BCUT2D eigenvalue weighted by molar-refractivity contribution is 5.89. The topological polar surface area (TPSA) is 9.23 Å². The van der Waals surface area contributed by atoms with Gasteiger partial charge < -0.3 is 4.74 Å². The number of ether oxygens (including phenoxy) is 1. The van der Waals surface area contributed by atoms with Crippen LogP contribution < -0.4 is 4.74 Å². The first-order chi connectivity index (χ1) is 17.5. The van der Waals surface area contributed by atoms with E-state index < -0.39 is 65.0 Å². The van der Waals surface area contributed by atoms with Gasteiger partial charge in [0.25, 0.3) is 0 Å². The average molecular weight is 524 g/mol. The van der Waals surface area contributed by atoms with E-state index in [1.807, 2.05) is 6.92 Å². The summed E-state index contributed by atoms with van der Waals surface area (Å²) in [7, 11) is 0. The van der Waals surface area contributed by atoms with Crippen LogP contribution in [0.25, 0.3) is 21.9 Å². The van der Waals surface area contributed by atoms with Crippen LogP contribution >= 0.6 is 0 Å². The summed E-state index contributed by atoms with van der Waals surface area (Å²) in [6, 6.07) is 11.1. The third-order valence-electron chi connectivity index (χ3n) is 5.92. The first-order valence-electron chi connectivity index (χ1n) is 11.4. The summed E-state index contributed by atoms with van der Waals surface area (Å²) in [5.74, 6) is -10.2. The second-order valence-electron chi connectivity index (χ2n) is 8.58. The molecule has 0 amide bonds. The minimum atomic E-state index is -4.03. The lowest BCUT2D eigenvalue weighted by Crippen LogP contribution is -2.25. The molecule has 0 fully saturated rings. The van der Waals surface area contributed by atoms with E-state index in [4.69, 9.17) is 0 Å². The molecule has 0 atom stereocenters. The van der Waals surface area contributed by atoms with Crippen molar-refractivity contribution in [3.8, 4) is 16.9 Å². The van der Waals surface area contributed by atoms with E-state index in [-0.39, 0.29) is 28.6 Å². The summed E-state index contributed by atoms with van der Waals surface area (Å²) < 4.78 is 117. The monoisotopic (exact) mass is 524 g/mol. The van der Waals surface area contributed by atoms with Crippen LogP contribution in [0, 0.1) is 34.9 Å². The van der Waals surface area contributed by atoms with Gasteiger partial charge >= 0.3 is 6.11 Å². The molecule has 0 spiro atoms. The molecular formula is C28H20F8O. The summed E-state index contributed by atoms with van der Waals surface area (Å²) in [6.45, 7) is 2.01. The Morgan fingerprint density at radius 3 is 1.97 bits per heavy atom. The van der Waals surface area contributed by atoms with E-state index >= 15 is 4.39 Å². The van der Waals surface area contributed by atoms with Crippen LogP contribution in [0.5, 0.6) is 5.75 Å². The van der Waals surface area contributed by atoms with E-state index in [9.17, 15) is 30.7 Å². The van der Waals surface area contributed by atoms with E-state index in [0.717, 1.165) is 24.5 Å².